The van der Waals surface area contributed by atoms with Gasteiger partial charge in [0.05, 0.1) is 7.11 Å². The van der Waals surface area contributed by atoms with Gasteiger partial charge in [0, 0.05) is 4.70 Å². The Labute approximate surface area is 173 Å². The van der Waals surface area contributed by atoms with Crippen LogP contribution >= 0.6 is 22.7 Å². The molecule has 0 aliphatic rings. The number of carbonyl (C=O) groups is 1. The fourth-order valence-electron chi connectivity index (χ4n) is 2.98. The summed E-state index contributed by atoms with van der Waals surface area (Å²) in [6.07, 6.45) is 0.606. The number of aryl methyl sites for hydroxylation is 2. The molecule has 0 amide bonds. The van der Waals surface area contributed by atoms with E-state index in [0.717, 1.165) is 32.5 Å². The van der Waals surface area contributed by atoms with Gasteiger partial charge in [-0.15, -0.1) is 22.7 Å². The third kappa shape index (κ3) is 3.81. The van der Waals surface area contributed by atoms with Gasteiger partial charge >= 0.3 is 5.97 Å². The lowest BCUT2D eigenvalue weighted by molar-refractivity contribution is 0.0606. The van der Waals surface area contributed by atoms with Gasteiger partial charge in [-0.2, -0.15) is 0 Å². The van der Waals surface area contributed by atoms with E-state index < -0.39 is 16.0 Å². The number of anilines is 1. The van der Waals surface area contributed by atoms with E-state index in [-0.39, 0.29) is 0 Å². The van der Waals surface area contributed by atoms with Crippen LogP contribution in [-0.2, 0) is 21.2 Å². The molecule has 3 rings (SSSR count). The third-order valence-electron chi connectivity index (χ3n) is 4.63. The number of hydrogen-bond acceptors (Lipinski definition) is 6. The highest BCUT2D eigenvalue weighted by Gasteiger charge is 2.25. The number of nitrogens with one attached hydrogen (secondary N) is 1. The second-order valence-electron chi connectivity index (χ2n) is 6.84. The summed E-state index contributed by atoms with van der Waals surface area (Å²) in [6.45, 7) is 7.99. The Morgan fingerprint density at radius 2 is 1.93 bits per heavy atom. The molecule has 0 atom stereocenters. The molecule has 2 heterocycles. The van der Waals surface area contributed by atoms with Gasteiger partial charge in [-0.25, -0.2) is 13.2 Å². The number of esters is 1. The van der Waals surface area contributed by atoms with Gasteiger partial charge in [0.1, 0.15) is 14.1 Å². The lowest BCUT2D eigenvalue weighted by atomic mass is 10.0. The molecule has 3 aromatic rings. The summed E-state index contributed by atoms with van der Waals surface area (Å²) in [5.41, 5.74) is 2.70. The minimum Gasteiger partial charge on any atom is -0.465 e. The standard InChI is InChI=1S/C20H23NO4S3/c1-6-13-10-17(19(22)25-5)26-18(13)21-28(23,24)20-12(4)15-9-14(11(2)3)7-8-16(15)27-20/h7-11,21H,6H2,1-5H3. The smallest absolute Gasteiger partial charge is 0.348 e. The molecule has 2 aromatic heterocycles. The number of thiophene rings is 2. The van der Waals surface area contributed by atoms with Gasteiger partial charge < -0.3 is 4.74 Å². The summed E-state index contributed by atoms with van der Waals surface area (Å²) in [6, 6.07) is 7.78. The molecule has 0 radical (unpaired) electrons. The molecule has 1 aromatic carbocycles. The fraction of sp³-hybridized carbons (Fsp3) is 0.350. The number of fused-ring (bicyclic) bond motifs is 1. The molecular weight excluding hydrogens is 414 g/mol. The van der Waals surface area contributed by atoms with Crippen LogP contribution in [0.2, 0.25) is 0 Å². The molecular formula is C20H23NO4S3. The van der Waals surface area contributed by atoms with Crippen molar-refractivity contribution in [2.75, 3.05) is 11.8 Å². The van der Waals surface area contributed by atoms with Gasteiger partial charge in [0.2, 0.25) is 0 Å². The molecule has 0 fully saturated rings. The number of methoxy groups -OCH3 is 1. The van der Waals surface area contributed by atoms with Crippen molar-refractivity contribution in [3.05, 3.63) is 45.8 Å². The van der Waals surface area contributed by atoms with Crippen LogP contribution in [0.15, 0.2) is 28.5 Å². The Kier molecular flexibility index (Phi) is 5.84. The maximum Gasteiger partial charge on any atom is 0.348 e. The lowest BCUT2D eigenvalue weighted by Crippen LogP contribution is -2.12. The van der Waals surface area contributed by atoms with Crippen molar-refractivity contribution >= 4 is 53.8 Å². The summed E-state index contributed by atoms with van der Waals surface area (Å²) in [5, 5.41) is 1.43. The lowest BCUT2D eigenvalue weighted by Gasteiger charge is -2.07. The summed E-state index contributed by atoms with van der Waals surface area (Å²) in [5.74, 6) is -0.0961. The number of ether oxygens (including phenoxy) is 1. The first-order valence-corrected chi connectivity index (χ1v) is 12.1. The van der Waals surface area contributed by atoms with E-state index in [1.807, 2.05) is 26.0 Å². The average Bonchev–Trinajstić information content (AvgIpc) is 3.21. The SMILES string of the molecule is CCc1cc(C(=O)OC)sc1NS(=O)(=O)c1sc2ccc(C(C)C)cc2c1C. The van der Waals surface area contributed by atoms with Gasteiger partial charge in [-0.3, -0.25) is 4.72 Å². The van der Waals surface area contributed by atoms with Crippen LogP contribution in [0.1, 0.15) is 53.1 Å². The Morgan fingerprint density at radius 3 is 2.54 bits per heavy atom. The van der Waals surface area contributed by atoms with Crippen molar-refractivity contribution in [2.45, 2.75) is 44.2 Å². The Bertz CT molecular complexity index is 1140. The maximum absolute atomic E-state index is 13.1. The van der Waals surface area contributed by atoms with Crippen molar-refractivity contribution < 1.29 is 17.9 Å². The number of carbonyl (C=O) groups excluding carboxylic acids is 1. The van der Waals surface area contributed by atoms with Crippen LogP contribution in [0, 0.1) is 6.92 Å². The van der Waals surface area contributed by atoms with E-state index in [9.17, 15) is 13.2 Å². The van der Waals surface area contributed by atoms with Gasteiger partial charge in [0.15, 0.2) is 0 Å². The predicted octanol–water partition coefficient (Wildman–Crippen LogP) is 5.54. The van der Waals surface area contributed by atoms with Crippen molar-refractivity contribution in [2.24, 2.45) is 0 Å². The Balaban J connectivity index is 2.03. The van der Waals surface area contributed by atoms with E-state index in [1.165, 1.54) is 24.0 Å². The number of rotatable bonds is 6. The molecule has 0 aliphatic heterocycles. The van der Waals surface area contributed by atoms with E-state index in [4.69, 9.17) is 4.74 Å². The van der Waals surface area contributed by atoms with Crippen molar-refractivity contribution in [1.29, 1.82) is 0 Å². The first kappa shape index (κ1) is 20.8. The van der Waals surface area contributed by atoms with Gasteiger partial charge in [-0.05, 0) is 59.5 Å². The van der Waals surface area contributed by atoms with Crippen LogP contribution in [0.25, 0.3) is 10.1 Å². The zero-order chi connectivity index (χ0) is 20.6. The van der Waals surface area contributed by atoms with Crippen molar-refractivity contribution in [3.8, 4) is 0 Å². The first-order chi connectivity index (χ1) is 13.2. The molecule has 5 nitrogen and oxygen atoms in total. The van der Waals surface area contributed by atoms with E-state index in [0.29, 0.717) is 26.4 Å². The van der Waals surface area contributed by atoms with Gasteiger partial charge in [0.25, 0.3) is 10.0 Å². The molecule has 0 saturated heterocycles. The molecule has 0 unspecified atom stereocenters. The van der Waals surface area contributed by atoms with Crippen LogP contribution in [0.3, 0.4) is 0 Å². The quantitative estimate of drug-likeness (QED) is 0.514. The summed E-state index contributed by atoms with van der Waals surface area (Å²) < 4.78 is 34.9. The minimum atomic E-state index is -3.76. The van der Waals surface area contributed by atoms with Crippen LogP contribution < -0.4 is 4.72 Å². The number of sulfonamides is 1. The summed E-state index contributed by atoms with van der Waals surface area (Å²) in [4.78, 5) is 12.2. The molecule has 0 bridgehead atoms. The zero-order valence-electron chi connectivity index (χ0n) is 16.5. The topological polar surface area (TPSA) is 72.5 Å². The first-order valence-electron chi connectivity index (χ1n) is 8.94. The maximum atomic E-state index is 13.1. The largest absolute Gasteiger partial charge is 0.465 e. The summed E-state index contributed by atoms with van der Waals surface area (Å²) >= 11 is 2.36. The number of hydrogen-bond donors (Lipinski definition) is 1. The highest BCUT2D eigenvalue weighted by molar-refractivity contribution is 7.95. The van der Waals surface area contributed by atoms with E-state index in [1.54, 1.807) is 6.07 Å². The summed E-state index contributed by atoms with van der Waals surface area (Å²) in [7, 11) is -2.45. The van der Waals surface area contributed by atoms with Crippen molar-refractivity contribution in [1.82, 2.24) is 0 Å². The molecule has 0 aliphatic carbocycles. The van der Waals surface area contributed by atoms with Crippen molar-refractivity contribution in [3.63, 3.8) is 0 Å². The molecule has 0 saturated carbocycles. The fourth-order valence-corrected chi connectivity index (χ4v) is 7.13. The predicted molar refractivity (Wildman–Crippen MR) is 116 cm³/mol. The zero-order valence-corrected chi connectivity index (χ0v) is 18.9. The molecule has 1 N–H and O–H groups in total. The third-order valence-corrected chi connectivity index (χ3v) is 9.08. The minimum absolute atomic E-state index is 0.304. The Morgan fingerprint density at radius 1 is 1.21 bits per heavy atom. The highest BCUT2D eigenvalue weighted by Crippen LogP contribution is 2.38. The molecule has 150 valence electrons. The van der Waals surface area contributed by atoms with E-state index >= 15 is 0 Å². The molecule has 8 heteroatoms. The van der Waals surface area contributed by atoms with Gasteiger partial charge in [-0.1, -0.05) is 26.8 Å². The number of benzene rings is 1. The average molecular weight is 438 g/mol. The monoisotopic (exact) mass is 437 g/mol. The Hall–Kier alpha value is -1.90. The molecule has 0 spiro atoms. The normalized spacial score (nSPS) is 11.9. The highest BCUT2D eigenvalue weighted by atomic mass is 32.2. The van der Waals surface area contributed by atoms with Crippen LogP contribution in [0.4, 0.5) is 5.00 Å². The van der Waals surface area contributed by atoms with Crippen LogP contribution in [0.5, 0.6) is 0 Å². The molecule has 28 heavy (non-hydrogen) atoms. The van der Waals surface area contributed by atoms with E-state index in [2.05, 4.69) is 24.6 Å². The second kappa shape index (κ2) is 7.85. The second-order valence-corrected chi connectivity index (χ2v) is 10.8. The van der Waals surface area contributed by atoms with Crippen LogP contribution in [-0.4, -0.2) is 21.5 Å².